The molecule has 3 nitrogen and oxygen atoms in total. The summed E-state index contributed by atoms with van der Waals surface area (Å²) in [4.78, 5) is 10.9. The van der Waals surface area contributed by atoms with Gasteiger partial charge in [0.25, 0.3) is 0 Å². The zero-order valence-corrected chi connectivity index (χ0v) is 11.3. The van der Waals surface area contributed by atoms with Crippen LogP contribution in [0.3, 0.4) is 0 Å². The van der Waals surface area contributed by atoms with Crippen molar-refractivity contribution >= 4 is 16.9 Å². The molecule has 1 saturated carbocycles. The van der Waals surface area contributed by atoms with Gasteiger partial charge in [-0.2, -0.15) is 0 Å². The molecule has 20 heavy (non-hydrogen) atoms. The normalized spacial score (nSPS) is 23.1. The van der Waals surface area contributed by atoms with Crippen LogP contribution in [-0.4, -0.2) is 15.6 Å². The number of carboxylic acid groups (broad SMARTS) is 1. The van der Waals surface area contributed by atoms with Crippen molar-refractivity contribution in [3.63, 3.8) is 0 Å². The molecule has 3 rings (SSSR count). The fourth-order valence-corrected chi connectivity index (χ4v) is 3.20. The van der Waals surface area contributed by atoms with Crippen molar-refractivity contribution in [1.82, 2.24) is 4.57 Å². The molecular formula is C16H18FNO2. The first kappa shape index (κ1) is 13.2. The van der Waals surface area contributed by atoms with E-state index in [1.807, 2.05) is 18.3 Å². The first-order valence-corrected chi connectivity index (χ1v) is 7.10. The maximum atomic E-state index is 13.2. The summed E-state index contributed by atoms with van der Waals surface area (Å²) in [6.07, 6.45) is 5.45. The monoisotopic (exact) mass is 275 g/mol. The van der Waals surface area contributed by atoms with Crippen molar-refractivity contribution in [1.29, 1.82) is 0 Å². The lowest BCUT2D eigenvalue weighted by atomic mass is 9.82. The highest BCUT2D eigenvalue weighted by atomic mass is 19.1. The summed E-state index contributed by atoms with van der Waals surface area (Å²) in [5.41, 5.74) is 1.05. The summed E-state index contributed by atoms with van der Waals surface area (Å²) < 4.78 is 15.3. The zero-order chi connectivity index (χ0) is 14.1. The topological polar surface area (TPSA) is 42.2 Å². The molecule has 2 aromatic rings. The summed E-state index contributed by atoms with van der Waals surface area (Å²) in [6.45, 7) is 0.890. The van der Waals surface area contributed by atoms with Crippen LogP contribution in [0.25, 0.3) is 10.9 Å². The second kappa shape index (κ2) is 5.27. The van der Waals surface area contributed by atoms with Crippen LogP contribution in [0.5, 0.6) is 0 Å². The van der Waals surface area contributed by atoms with Crippen LogP contribution in [0.4, 0.5) is 4.39 Å². The molecule has 1 aromatic carbocycles. The van der Waals surface area contributed by atoms with E-state index < -0.39 is 5.97 Å². The lowest BCUT2D eigenvalue weighted by Gasteiger charge is -2.26. The Morgan fingerprint density at radius 3 is 2.70 bits per heavy atom. The molecular weight excluding hydrogens is 257 g/mol. The van der Waals surface area contributed by atoms with Crippen molar-refractivity contribution < 1.29 is 14.3 Å². The van der Waals surface area contributed by atoms with Gasteiger partial charge in [-0.25, -0.2) is 4.39 Å². The van der Waals surface area contributed by atoms with E-state index in [1.54, 1.807) is 6.07 Å². The number of nitrogens with zero attached hydrogens (tertiary/aromatic N) is 1. The Morgan fingerprint density at radius 1 is 1.25 bits per heavy atom. The van der Waals surface area contributed by atoms with Crippen LogP contribution in [0.15, 0.2) is 30.5 Å². The molecule has 0 radical (unpaired) electrons. The number of carboxylic acids is 1. The molecule has 0 aliphatic heterocycles. The van der Waals surface area contributed by atoms with E-state index in [0.717, 1.165) is 43.1 Å². The standard InChI is InChI=1S/C16H18FNO2/c17-14-5-6-15-13(9-14)7-8-18(15)10-11-1-3-12(4-2-11)16(19)20/h5-9,11-12H,1-4,10H2,(H,19,20)/t11-,12-. The number of rotatable bonds is 3. The first-order chi connectivity index (χ1) is 9.63. The minimum absolute atomic E-state index is 0.165. The average Bonchev–Trinajstić information content (AvgIpc) is 2.81. The van der Waals surface area contributed by atoms with E-state index in [-0.39, 0.29) is 11.7 Å². The van der Waals surface area contributed by atoms with Gasteiger partial charge in [-0.05, 0) is 55.9 Å². The number of aromatic nitrogens is 1. The predicted octanol–water partition coefficient (Wildman–Crippen LogP) is 3.67. The second-order valence-electron chi connectivity index (χ2n) is 5.73. The molecule has 106 valence electrons. The quantitative estimate of drug-likeness (QED) is 0.928. The Kier molecular flexibility index (Phi) is 3.47. The van der Waals surface area contributed by atoms with Gasteiger partial charge in [-0.1, -0.05) is 0 Å². The fraction of sp³-hybridized carbons (Fsp3) is 0.438. The lowest BCUT2D eigenvalue weighted by Crippen LogP contribution is -2.23. The number of hydrogen-bond donors (Lipinski definition) is 1. The highest BCUT2D eigenvalue weighted by Gasteiger charge is 2.26. The largest absolute Gasteiger partial charge is 0.481 e. The molecule has 1 aromatic heterocycles. The van der Waals surface area contributed by atoms with Crippen molar-refractivity contribution in [2.75, 3.05) is 0 Å². The SMILES string of the molecule is O=C(O)[C@H]1CC[C@H](Cn2ccc3cc(F)ccc32)CC1. The van der Waals surface area contributed by atoms with Crippen molar-refractivity contribution in [3.05, 3.63) is 36.3 Å². The number of hydrogen-bond acceptors (Lipinski definition) is 1. The Labute approximate surface area is 117 Å². The van der Waals surface area contributed by atoms with Crippen molar-refractivity contribution in [2.24, 2.45) is 11.8 Å². The van der Waals surface area contributed by atoms with Crippen LogP contribution in [0.2, 0.25) is 0 Å². The van der Waals surface area contributed by atoms with Gasteiger partial charge < -0.3 is 9.67 Å². The molecule has 1 fully saturated rings. The number of carbonyl (C=O) groups is 1. The summed E-state index contributed by atoms with van der Waals surface area (Å²) in [7, 11) is 0. The van der Waals surface area contributed by atoms with Gasteiger partial charge in [0.1, 0.15) is 5.82 Å². The second-order valence-corrected chi connectivity index (χ2v) is 5.73. The number of halogens is 1. The average molecular weight is 275 g/mol. The van der Waals surface area contributed by atoms with Crippen LogP contribution in [0, 0.1) is 17.7 Å². The third-order valence-corrected chi connectivity index (χ3v) is 4.38. The summed E-state index contributed by atoms with van der Waals surface area (Å²) in [5, 5.41) is 9.93. The number of benzene rings is 1. The van der Waals surface area contributed by atoms with E-state index in [4.69, 9.17) is 5.11 Å². The van der Waals surface area contributed by atoms with Crippen LogP contribution in [-0.2, 0) is 11.3 Å². The van der Waals surface area contributed by atoms with Crippen LogP contribution >= 0.6 is 0 Å². The molecule has 0 bridgehead atoms. The van der Waals surface area contributed by atoms with Gasteiger partial charge >= 0.3 is 5.97 Å². The highest BCUT2D eigenvalue weighted by Crippen LogP contribution is 2.31. The molecule has 4 heteroatoms. The van der Waals surface area contributed by atoms with Crippen LogP contribution in [0.1, 0.15) is 25.7 Å². The highest BCUT2D eigenvalue weighted by molar-refractivity contribution is 5.80. The molecule has 0 saturated heterocycles. The van der Waals surface area contributed by atoms with E-state index in [0.29, 0.717) is 5.92 Å². The summed E-state index contributed by atoms with van der Waals surface area (Å²) in [5.74, 6) is -0.518. The molecule has 1 aliphatic carbocycles. The van der Waals surface area contributed by atoms with E-state index in [1.165, 1.54) is 6.07 Å². The molecule has 0 spiro atoms. The Bertz CT molecular complexity index is 626. The smallest absolute Gasteiger partial charge is 0.306 e. The third kappa shape index (κ3) is 2.55. The predicted molar refractivity (Wildman–Crippen MR) is 75.0 cm³/mol. The molecule has 1 aliphatic rings. The fourth-order valence-electron chi connectivity index (χ4n) is 3.20. The van der Waals surface area contributed by atoms with Gasteiger partial charge in [-0.3, -0.25) is 4.79 Å². The molecule has 0 unspecified atom stereocenters. The van der Waals surface area contributed by atoms with Gasteiger partial charge in [-0.15, -0.1) is 0 Å². The van der Waals surface area contributed by atoms with Gasteiger partial charge in [0.05, 0.1) is 5.92 Å². The summed E-state index contributed by atoms with van der Waals surface area (Å²) in [6, 6.07) is 6.78. The van der Waals surface area contributed by atoms with E-state index in [9.17, 15) is 9.18 Å². The van der Waals surface area contributed by atoms with Gasteiger partial charge in [0.2, 0.25) is 0 Å². The summed E-state index contributed by atoms with van der Waals surface area (Å²) >= 11 is 0. The molecule has 0 amide bonds. The number of aliphatic carboxylic acids is 1. The Morgan fingerprint density at radius 2 is 2.00 bits per heavy atom. The molecule has 1 N–H and O–H groups in total. The zero-order valence-electron chi connectivity index (χ0n) is 11.3. The van der Waals surface area contributed by atoms with Gasteiger partial charge in [0.15, 0.2) is 0 Å². The van der Waals surface area contributed by atoms with E-state index in [2.05, 4.69) is 4.57 Å². The third-order valence-electron chi connectivity index (χ3n) is 4.38. The maximum Gasteiger partial charge on any atom is 0.306 e. The first-order valence-electron chi connectivity index (χ1n) is 7.10. The maximum absolute atomic E-state index is 13.2. The Hall–Kier alpha value is -1.84. The van der Waals surface area contributed by atoms with Crippen molar-refractivity contribution in [3.8, 4) is 0 Å². The van der Waals surface area contributed by atoms with Crippen LogP contribution < -0.4 is 0 Å². The van der Waals surface area contributed by atoms with Gasteiger partial charge in [0, 0.05) is 23.6 Å². The lowest BCUT2D eigenvalue weighted by molar-refractivity contribution is -0.143. The van der Waals surface area contributed by atoms with E-state index >= 15 is 0 Å². The minimum atomic E-state index is -0.662. The number of fused-ring (bicyclic) bond motifs is 1. The molecule has 0 atom stereocenters. The minimum Gasteiger partial charge on any atom is -0.481 e. The molecule has 1 heterocycles. The van der Waals surface area contributed by atoms with Crippen molar-refractivity contribution in [2.45, 2.75) is 32.2 Å². The Balaban J connectivity index is 1.70.